The monoisotopic (exact) mass is 379 g/mol. The summed E-state index contributed by atoms with van der Waals surface area (Å²) in [7, 11) is 0. The van der Waals surface area contributed by atoms with E-state index in [4.69, 9.17) is 4.74 Å². The van der Waals surface area contributed by atoms with E-state index in [1.807, 2.05) is 0 Å². The number of rotatable bonds is 6. The molecule has 1 unspecified atom stereocenters. The van der Waals surface area contributed by atoms with Gasteiger partial charge in [-0.25, -0.2) is 8.78 Å². The molecular weight excluding hydrogens is 360 g/mol. The number of carbonyl (C=O) groups excluding carboxylic acids is 2. The molecule has 0 heterocycles. The zero-order chi connectivity index (χ0) is 19.3. The third kappa shape index (κ3) is 5.29. The van der Waals surface area contributed by atoms with E-state index in [1.54, 1.807) is 51.1 Å². The normalized spacial score (nSPS) is 11.9. The summed E-state index contributed by atoms with van der Waals surface area (Å²) in [5, 5.41) is 1.73. The number of hydrogen-bond acceptors (Lipinski definition) is 4. The zero-order valence-corrected chi connectivity index (χ0v) is 15.4. The standard InChI is InChI=1S/C19H19F2NO3S/c1-11(2)25-19(24)12(3)26-17-10-16(14(20)9-15(17)21)22-18(23)13-7-5-4-6-8-13/h4-12H,1-3H3,(H,22,23). The first kappa shape index (κ1) is 19.9. The van der Waals surface area contributed by atoms with Gasteiger partial charge in [0.25, 0.3) is 5.91 Å². The molecule has 0 fully saturated rings. The molecule has 138 valence electrons. The predicted molar refractivity (Wildman–Crippen MR) is 97.3 cm³/mol. The van der Waals surface area contributed by atoms with Crippen LogP contribution in [-0.4, -0.2) is 23.2 Å². The maximum absolute atomic E-state index is 14.1. The van der Waals surface area contributed by atoms with Crippen molar-refractivity contribution in [1.29, 1.82) is 0 Å². The van der Waals surface area contributed by atoms with Crippen LogP contribution in [0.2, 0.25) is 0 Å². The van der Waals surface area contributed by atoms with E-state index in [9.17, 15) is 18.4 Å². The Morgan fingerprint density at radius 1 is 1.04 bits per heavy atom. The number of esters is 1. The highest BCUT2D eigenvalue weighted by Crippen LogP contribution is 2.31. The molecule has 7 heteroatoms. The lowest BCUT2D eigenvalue weighted by Crippen LogP contribution is -2.21. The van der Waals surface area contributed by atoms with Crippen molar-refractivity contribution in [3.8, 4) is 0 Å². The van der Waals surface area contributed by atoms with E-state index >= 15 is 0 Å². The number of benzene rings is 2. The van der Waals surface area contributed by atoms with Gasteiger partial charge >= 0.3 is 5.97 Å². The molecule has 26 heavy (non-hydrogen) atoms. The summed E-state index contributed by atoms with van der Waals surface area (Å²) in [5.74, 6) is -2.72. The fourth-order valence-corrected chi connectivity index (χ4v) is 2.96. The highest BCUT2D eigenvalue weighted by Gasteiger charge is 2.21. The van der Waals surface area contributed by atoms with Gasteiger partial charge in [0, 0.05) is 16.5 Å². The summed E-state index contributed by atoms with van der Waals surface area (Å²) in [6.07, 6.45) is -0.288. The van der Waals surface area contributed by atoms with Gasteiger partial charge in [-0.1, -0.05) is 18.2 Å². The van der Waals surface area contributed by atoms with Crippen molar-refractivity contribution in [3.63, 3.8) is 0 Å². The lowest BCUT2D eigenvalue weighted by Gasteiger charge is -2.15. The molecule has 0 saturated carbocycles. The first-order valence-electron chi connectivity index (χ1n) is 8.00. The van der Waals surface area contributed by atoms with E-state index in [2.05, 4.69) is 5.32 Å². The van der Waals surface area contributed by atoms with Gasteiger partial charge in [0.05, 0.1) is 11.8 Å². The molecular formula is C19H19F2NO3S. The van der Waals surface area contributed by atoms with Gasteiger partial charge in [-0.15, -0.1) is 11.8 Å². The van der Waals surface area contributed by atoms with Crippen LogP contribution in [0, 0.1) is 11.6 Å². The summed E-state index contributed by atoms with van der Waals surface area (Å²) < 4.78 is 33.1. The second-order valence-corrected chi connectivity index (χ2v) is 7.21. The first-order valence-corrected chi connectivity index (χ1v) is 8.88. The van der Waals surface area contributed by atoms with Crippen LogP contribution in [0.25, 0.3) is 0 Å². The van der Waals surface area contributed by atoms with Crippen LogP contribution in [0.4, 0.5) is 14.5 Å². The Morgan fingerprint density at radius 2 is 1.69 bits per heavy atom. The summed E-state index contributed by atoms with van der Waals surface area (Å²) in [5.41, 5.74) is 0.187. The topological polar surface area (TPSA) is 55.4 Å². The van der Waals surface area contributed by atoms with Crippen molar-refractivity contribution in [1.82, 2.24) is 0 Å². The van der Waals surface area contributed by atoms with Crippen LogP contribution in [-0.2, 0) is 9.53 Å². The molecule has 0 aromatic heterocycles. The molecule has 0 aliphatic heterocycles. The number of hydrogen-bond donors (Lipinski definition) is 1. The fraction of sp³-hybridized carbons (Fsp3) is 0.263. The Bertz CT molecular complexity index is 797. The zero-order valence-electron chi connectivity index (χ0n) is 14.6. The molecule has 0 aliphatic rings. The van der Waals surface area contributed by atoms with Crippen LogP contribution in [0.1, 0.15) is 31.1 Å². The van der Waals surface area contributed by atoms with Gasteiger partial charge in [0.15, 0.2) is 0 Å². The maximum atomic E-state index is 14.1. The molecule has 0 spiro atoms. The third-order valence-corrected chi connectivity index (χ3v) is 4.41. The predicted octanol–water partition coefficient (Wildman–Crippen LogP) is 4.65. The molecule has 0 aliphatic carbocycles. The molecule has 2 aromatic carbocycles. The Hall–Kier alpha value is -2.41. The van der Waals surface area contributed by atoms with E-state index in [-0.39, 0.29) is 16.7 Å². The van der Waals surface area contributed by atoms with Crippen molar-refractivity contribution < 1.29 is 23.1 Å². The van der Waals surface area contributed by atoms with Crippen LogP contribution in [0.15, 0.2) is 47.4 Å². The van der Waals surface area contributed by atoms with E-state index in [0.29, 0.717) is 11.6 Å². The van der Waals surface area contributed by atoms with Crippen molar-refractivity contribution in [2.75, 3.05) is 5.32 Å². The van der Waals surface area contributed by atoms with Gasteiger partial charge in [0.2, 0.25) is 0 Å². The Balaban J connectivity index is 2.18. The molecule has 4 nitrogen and oxygen atoms in total. The second kappa shape index (κ2) is 8.80. The third-order valence-electron chi connectivity index (χ3n) is 3.29. The summed E-state index contributed by atoms with van der Waals surface area (Å²) >= 11 is 0.899. The molecule has 0 saturated heterocycles. The molecule has 1 atom stereocenters. The number of ether oxygens (including phenoxy) is 1. The average molecular weight is 379 g/mol. The summed E-state index contributed by atoms with van der Waals surface area (Å²) in [4.78, 5) is 24.1. The van der Waals surface area contributed by atoms with Crippen LogP contribution >= 0.6 is 11.8 Å². The van der Waals surface area contributed by atoms with Gasteiger partial charge in [-0.05, 0) is 39.0 Å². The Kier molecular flexibility index (Phi) is 6.74. The lowest BCUT2D eigenvalue weighted by atomic mass is 10.2. The van der Waals surface area contributed by atoms with Gasteiger partial charge in [0.1, 0.15) is 16.9 Å². The largest absolute Gasteiger partial charge is 0.462 e. The molecule has 1 N–H and O–H groups in total. The minimum Gasteiger partial charge on any atom is -0.462 e. The number of halogens is 2. The average Bonchev–Trinajstić information content (AvgIpc) is 2.59. The van der Waals surface area contributed by atoms with Crippen molar-refractivity contribution in [2.45, 2.75) is 37.0 Å². The van der Waals surface area contributed by atoms with Crippen molar-refractivity contribution >= 4 is 29.3 Å². The second-order valence-electron chi connectivity index (χ2n) is 5.83. The lowest BCUT2D eigenvalue weighted by molar-refractivity contribution is -0.146. The highest BCUT2D eigenvalue weighted by molar-refractivity contribution is 8.00. The quantitative estimate of drug-likeness (QED) is 0.586. The highest BCUT2D eigenvalue weighted by atomic mass is 32.2. The minimum absolute atomic E-state index is 0.0444. The number of thioether (sulfide) groups is 1. The van der Waals surface area contributed by atoms with Gasteiger partial charge in [-0.2, -0.15) is 0 Å². The molecule has 1 amide bonds. The number of amides is 1. The van der Waals surface area contributed by atoms with Gasteiger partial charge < -0.3 is 10.1 Å². The number of anilines is 1. The van der Waals surface area contributed by atoms with E-state index in [1.165, 1.54) is 6.07 Å². The molecule has 0 bridgehead atoms. The van der Waals surface area contributed by atoms with Crippen molar-refractivity contribution in [2.24, 2.45) is 0 Å². The molecule has 0 radical (unpaired) electrons. The van der Waals surface area contributed by atoms with Crippen LogP contribution < -0.4 is 5.32 Å². The smallest absolute Gasteiger partial charge is 0.319 e. The first-order chi connectivity index (χ1) is 12.3. The van der Waals surface area contributed by atoms with Crippen LogP contribution in [0.3, 0.4) is 0 Å². The van der Waals surface area contributed by atoms with Crippen LogP contribution in [0.5, 0.6) is 0 Å². The maximum Gasteiger partial charge on any atom is 0.319 e. The SMILES string of the molecule is CC(C)OC(=O)C(C)Sc1cc(NC(=O)c2ccccc2)c(F)cc1F. The van der Waals surface area contributed by atoms with Crippen molar-refractivity contribution in [3.05, 3.63) is 59.7 Å². The number of carbonyl (C=O) groups is 2. The van der Waals surface area contributed by atoms with E-state index in [0.717, 1.165) is 11.8 Å². The number of nitrogens with one attached hydrogen (secondary N) is 1. The van der Waals surface area contributed by atoms with Gasteiger partial charge in [-0.3, -0.25) is 9.59 Å². The molecule has 2 aromatic rings. The Morgan fingerprint density at radius 3 is 2.31 bits per heavy atom. The summed E-state index contributed by atoms with van der Waals surface area (Å²) in [6, 6.07) is 10.1. The minimum atomic E-state index is -0.895. The Labute approximate surface area is 154 Å². The van der Waals surface area contributed by atoms with E-state index < -0.39 is 28.8 Å². The molecule has 2 rings (SSSR count). The summed E-state index contributed by atoms with van der Waals surface area (Å²) in [6.45, 7) is 5.00. The fourth-order valence-electron chi connectivity index (χ4n) is 2.07.